The van der Waals surface area contributed by atoms with Gasteiger partial charge in [-0.05, 0) is 26.7 Å². The minimum Gasteiger partial charge on any atom is -0.408 e. The molecule has 7 nitrogen and oxygen atoms in total. The fourth-order valence-corrected chi connectivity index (χ4v) is 1.89. The Morgan fingerprint density at radius 1 is 1.50 bits per heavy atom. The van der Waals surface area contributed by atoms with Crippen LogP contribution in [0, 0.1) is 0 Å². The van der Waals surface area contributed by atoms with Crippen LogP contribution in [0.2, 0.25) is 0 Å². The Bertz CT molecular complexity index is 529. The number of aryl methyl sites for hydroxylation is 1. The van der Waals surface area contributed by atoms with Crippen LogP contribution >= 0.6 is 0 Å². The molecule has 1 atom stereocenters. The van der Waals surface area contributed by atoms with E-state index in [-0.39, 0.29) is 6.04 Å². The van der Waals surface area contributed by atoms with Gasteiger partial charge in [0.05, 0.1) is 6.04 Å². The SMILES string of the molecule is CCn1ncnc1[C@@H](C)Nc1nnc(C2CC2)o1. The summed E-state index contributed by atoms with van der Waals surface area (Å²) in [5.74, 6) is 2.08. The fraction of sp³-hybridized carbons (Fsp3) is 0.636. The summed E-state index contributed by atoms with van der Waals surface area (Å²) in [5.41, 5.74) is 0. The highest BCUT2D eigenvalue weighted by Crippen LogP contribution is 2.39. The van der Waals surface area contributed by atoms with E-state index in [9.17, 15) is 0 Å². The van der Waals surface area contributed by atoms with Crippen molar-refractivity contribution in [2.45, 2.75) is 45.2 Å². The normalized spacial score (nSPS) is 16.8. The molecule has 0 unspecified atom stereocenters. The second-order valence-electron chi connectivity index (χ2n) is 4.52. The third-order valence-electron chi connectivity index (χ3n) is 3.04. The van der Waals surface area contributed by atoms with Gasteiger partial charge in [0.25, 0.3) is 0 Å². The maximum absolute atomic E-state index is 5.56. The molecule has 1 N–H and O–H groups in total. The van der Waals surface area contributed by atoms with Gasteiger partial charge in [-0.15, -0.1) is 5.10 Å². The van der Waals surface area contributed by atoms with Crippen molar-refractivity contribution in [3.05, 3.63) is 18.0 Å². The van der Waals surface area contributed by atoms with Crippen LogP contribution in [0.4, 0.5) is 6.01 Å². The number of aromatic nitrogens is 5. The van der Waals surface area contributed by atoms with Gasteiger partial charge in [0.15, 0.2) is 0 Å². The largest absolute Gasteiger partial charge is 0.408 e. The number of anilines is 1. The maximum atomic E-state index is 5.56. The average Bonchev–Trinajstić information content (AvgIpc) is 2.93. The minimum absolute atomic E-state index is 0.0139. The molecular weight excluding hydrogens is 232 g/mol. The van der Waals surface area contributed by atoms with Crippen LogP contribution in [-0.4, -0.2) is 25.0 Å². The first kappa shape index (κ1) is 11.2. The van der Waals surface area contributed by atoms with E-state index in [1.807, 2.05) is 18.5 Å². The number of nitrogens with one attached hydrogen (secondary N) is 1. The molecule has 1 fully saturated rings. The van der Waals surface area contributed by atoms with E-state index in [0.29, 0.717) is 11.9 Å². The summed E-state index contributed by atoms with van der Waals surface area (Å²) in [6.45, 7) is 4.82. The third-order valence-corrected chi connectivity index (χ3v) is 3.04. The summed E-state index contributed by atoms with van der Waals surface area (Å²) in [5, 5.41) is 15.3. The Hall–Kier alpha value is -1.92. The van der Waals surface area contributed by atoms with Gasteiger partial charge >= 0.3 is 6.01 Å². The highest BCUT2D eigenvalue weighted by Gasteiger charge is 2.29. The van der Waals surface area contributed by atoms with E-state index in [2.05, 4.69) is 25.6 Å². The van der Waals surface area contributed by atoms with Gasteiger partial charge in [-0.25, -0.2) is 9.67 Å². The van der Waals surface area contributed by atoms with E-state index in [1.165, 1.54) is 0 Å². The number of hydrogen-bond acceptors (Lipinski definition) is 6. The second-order valence-corrected chi connectivity index (χ2v) is 4.52. The molecule has 7 heteroatoms. The van der Waals surface area contributed by atoms with Crippen molar-refractivity contribution in [3.8, 4) is 0 Å². The van der Waals surface area contributed by atoms with Gasteiger partial charge in [0, 0.05) is 12.5 Å². The van der Waals surface area contributed by atoms with Gasteiger partial charge in [-0.1, -0.05) is 5.10 Å². The van der Waals surface area contributed by atoms with E-state index >= 15 is 0 Å². The second kappa shape index (κ2) is 4.40. The molecular formula is C11H16N6O. The molecule has 96 valence electrons. The monoisotopic (exact) mass is 248 g/mol. The third kappa shape index (κ3) is 2.07. The van der Waals surface area contributed by atoms with Crippen molar-refractivity contribution in [1.29, 1.82) is 0 Å². The fourth-order valence-electron chi connectivity index (χ4n) is 1.89. The van der Waals surface area contributed by atoms with Gasteiger partial charge in [-0.3, -0.25) is 0 Å². The molecule has 0 saturated heterocycles. The van der Waals surface area contributed by atoms with Gasteiger partial charge in [-0.2, -0.15) is 5.10 Å². The molecule has 3 rings (SSSR count). The average molecular weight is 248 g/mol. The summed E-state index contributed by atoms with van der Waals surface area (Å²) in [7, 11) is 0. The van der Waals surface area contributed by atoms with Gasteiger partial charge in [0.2, 0.25) is 5.89 Å². The molecule has 0 amide bonds. The van der Waals surface area contributed by atoms with Crippen LogP contribution in [0.15, 0.2) is 10.7 Å². The number of hydrogen-bond donors (Lipinski definition) is 1. The zero-order valence-corrected chi connectivity index (χ0v) is 10.5. The molecule has 1 saturated carbocycles. The van der Waals surface area contributed by atoms with Crippen LogP contribution < -0.4 is 5.32 Å². The lowest BCUT2D eigenvalue weighted by Gasteiger charge is -2.11. The van der Waals surface area contributed by atoms with Crippen molar-refractivity contribution in [2.75, 3.05) is 5.32 Å². The molecule has 2 aromatic rings. The van der Waals surface area contributed by atoms with Gasteiger partial charge in [0.1, 0.15) is 12.2 Å². The molecule has 2 aromatic heterocycles. The summed E-state index contributed by atoms with van der Waals surface area (Å²) in [4.78, 5) is 4.24. The molecule has 2 heterocycles. The van der Waals surface area contributed by atoms with Crippen molar-refractivity contribution < 1.29 is 4.42 Å². The molecule has 0 radical (unpaired) electrons. The predicted octanol–water partition coefficient (Wildman–Crippen LogP) is 1.73. The Kier molecular flexibility index (Phi) is 2.73. The topological polar surface area (TPSA) is 81.7 Å². The van der Waals surface area contributed by atoms with E-state index in [0.717, 1.165) is 31.1 Å². The van der Waals surface area contributed by atoms with Crippen LogP contribution in [0.1, 0.15) is 50.4 Å². The van der Waals surface area contributed by atoms with Crippen LogP contribution in [0.25, 0.3) is 0 Å². The molecule has 1 aliphatic carbocycles. The molecule has 0 aromatic carbocycles. The Morgan fingerprint density at radius 3 is 3.06 bits per heavy atom. The zero-order chi connectivity index (χ0) is 12.5. The Labute approximate surface area is 105 Å². The van der Waals surface area contributed by atoms with Crippen molar-refractivity contribution in [3.63, 3.8) is 0 Å². The molecule has 0 aliphatic heterocycles. The molecule has 0 spiro atoms. The molecule has 0 bridgehead atoms. The first-order chi connectivity index (χ1) is 8.78. The smallest absolute Gasteiger partial charge is 0.316 e. The van der Waals surface area contributed by atoms with E-state index in [1.54, 1.807) is 6.33 Å². The van der Waals surface area contributed by atoms with Crippen LogP contribution in [0.5, 0.6) is 0 Å². The first-order valence-electron chi connectivity index (χ1n) is 6.25. The highest BCUT2D eigenvalue weighted by atomic mass is 16.4. The summed E-state index contributed by atoms with van der Waals surface area (Å²) in [6, 6.07) is 0.440. The van der Waals surface area contributed by atoms with Crippen LogP contribution in [0.3, 0.4) is 0 Å². The van der Waals surface area contributed by atoms with Gasteiger partial charge < -0.3 is 9.73 Å². The van der Waals surface area contributed by atoms with E-state index < -0.39 is 0 Å². The van der Waals surface area contributed by atoms with Crippen molar-refractivity contribution in [1.82, 2.24) is 25.0 Å². The zero-order valence-electron chi connectivity index (χ0n) is 10.5. The number of rotatable bonds is 5. The van der Waals surface area contributed by atoms with Crippen molar-refractivity contribution >= 4 is 6.01 Å². The first-order valence-corrected chi connectivity index (χ1v) is 6.25. The number of nitrogens with zero attached hydrogens (tertiary/aromatic N) is 5. The summed E-state index contributed by atoms with van der Waals surface area (Å²) in [6.07, 6.45) is 3.86. The standard InChI is InChI=1S/C11H16N6O/c1-3-17-9(12-6-13-17)7(2)14-11-16-15-10(18-11)8-4-5-8/h6-8H,3-5H2,1-2H3,(H,14,16)/t7-/m1/s1. The minimum atomic E-state index is -0.0139. The lowest BCUT2D eigenvalue weighted by Crippen LogP contribution is -2.14. The molecule has 1 aliphatic rings. The molecule has 18 heavy (non-hydrogen) atoms. The van der Waals surface area contributed by atoms with Crippen molar-refractivity contribution in [2.24, 2.45) is 0 Å². The Balaban J connectivity index is 1.70. The Morgan fingerprint density at radius 2 is 2.33 bits per heavy atom. The van der Waals surface area contributed by atoms with E-state index in [4.69, 9.17) is 4.42 Å². The lowest BCUT2D eigenvalue weighted by molar-refractivity contribution is 0.498. The maximum Gasteiger partial charge on any atom is 0.316 e. The summed E-state index contributed by atoms with van der Waals surface area (Å²) >= 11 is 0. The quantitative estimate of drug-likeness (QED) is 0.867. The predicted molar refractivity (Wildman–Crippen MR) is 64.0 cm³/mol. The lowest BCUT2D eigenvalue weighted by atomic mass is 10.3. The van der Waals surface area contributed by atoms with Crippen LogP contribution in [-0.2, 0) is 6.54 Å². The highest BCUT2D eigenvalue weighted by molar-refractivity contribution is 5.22. The summed E-state index contributed by atoms with van der Waals surface area (Å²) < 4.78 is 7.40.